The first-order chi connectivity index (χ1) is 19.3. The zero-order chi connectivity index (χ0) is 28.5. The minimum atomic E-state index is -0.556. The number of anilines is 1. The third-order valence-electron chi connectivity index (χ3n) is 5.66. The average Bonchev–Trinajstić information content (AvgIpc) is 2.95. The van der Waals surface area contributed by atoms with Crippen LogP contribution in [0.1, 0.15) is 49.1 Å². The summed E-state index contributed by atoms with van der Waals surface area (Å²) in [6.45, 7) is 4.08. The van der Waals surface area contributed by atoms with Crippen LogP contribution in [0.15, 0.2) is 96.1 Å². The van der Waals surface area contributed by atoms with Crippen molar-refractivity contribution in [1.29, 1.82) is 0 Å². The largest absolute Gasteiger partial charge is 0.490 e. The van der Waals surface area contributed by atoms with Crippen molar-refractivity contribution in [1.82, 2.24) is 5.43 Å². The van der Waals surface area contributed by atoms with Crippen LogP contribution in [0, 0.1) is 6.92 Å². The van der Waals surface area contributed by atoms with Gasteiger partial charge in [0.1, 0.15) is 0 Å². The second kappa shape index (κ2) is 13.2. The van der Waals surface area contributed by atoms with Gasteiger partial charge in [0.25, 0.3) is 11.8 Å². The van der Waals surface area contributed by atoms with Crippen LogP contribution in [0.5, 0.6) is 11.5 Å². The molecule has 8 nitrogen and oxygen atoms in total. The minimum Gasteiger partial charge on any atom is -0.490 e. The number of hydrazone groups is 1. The topological polar surface area (TPSA) is 106 Å². The molecule has 0 saturated heterocycles. The Labute approximate surface area is 236 Å². The van der Waals surface area contributed by atoms with Crippen LogP contribution in [0.3, 0.4) is 0 Å². The van der Waals surface area contributed by atoms with E-state index in [9.17, 15) is 14.4 Å². The SMILES string of the molecule is CCOc1cc(/C=N\NC(=O)c2ccccc2NC(=O)c2ccc(C)cc2)ccc1OC(=O)c1ccc(Cl)cc1. The van der Waals surface area contributed by atoms with Gasteiger partial charge >= 0.3 is 5.97 Å². The van der Waals surface area contributed by atoms with Gasteiger partial charge in [-0.05, 0) is 86.1 Å². The van der Waals surface area contributed by atoms with Gasteiger partial charge in [-0.1, -0.05) is 41.4 Å². The van der Waals surface area contributed by atoms with Crippen LogP contribution in [0.2, 0.25) is 5.02 Å². The zero-order valence-electron chi connectivity index (χ0n) is 21.8. The van der Waals surface area contributed by atoms with Crippen molar-refractivity contribution in [2.45, 2.75) is 13.8 Å². The van der Waals surface area contributed by atoms with Crippen molar-refractivity contribution in [2.75, 3.05) is 11.9 Å². The maximum Gasteiger partial charge on any atom is 0.343 e. The van der Waals surface area contributed by atoms with Crippen molar-refractivity contribution in [3.63, 3.8) is 0 Å². The summed E-state index contributed by atoms with van der Waals surface area (Å²) < 4.78 is 11.1. The van der Waals surface area contributed by atoms with Gasteiger partial charge in [-0.25, -0.2) is 10.2 Å². The first kappa shape index (κ1) is 28.1. The van der Waals surface area contributed by atoms with E-state index in [1.807, 2.05) is 19.1 Å². The second-order valence-corrected chi connectivity index (χ2v) is 9.04. The Morgan fingerprint density at radius 1 is 0.850 bits per heavy atom. The molecule has 0 saturated carbocycles. The number of nitrogens with zero attached hydrogens (tertiary/aromatic N) is 1. The van der Waals surface area contributed by atoms with Gasteiger partial charge in [-0.3, -0.25) is 9.59 Å². The van der Waals surface area contributed by atoms with Gasteiger partial charge in [0.15, 0.2) is 11.5 Å². The Hall–Kier alpha value is -4.95. The van der Waals surface area contributed by atoms with Crippen LogP contribution in [-0.4, -0.2) is 30.6 Å². The molecular weight excluding hydrogens is 530 g/mol. The second-order valence-electron chi connectivity index (χ2n) is 8.60. The summed E-state index contributed by atoms with van der Waals surface area (Å²) in [6.07, 6.45) is 1.43. The van der Waals surface area contributed by atoms with E-state index < -0.39 is 11.9 Å². The molecular formula is C31H26ClN3O5. The Morgan fingerprint density at radius 2 is 1.55 bits per heavy atom. The molecule has 0 aromatic heterocycles. The van der Waals surface area contributed by atoms with Gasteiger partial charge in [0, 0.05) is 10.6 Å². The van der Waals surface area contributed by atoms with Crippen molar-refractivity contribution in [3.05, 3.63) is 124 Å². The summed E-state index contributed by atoms with van der Waals surface area (Å²) >= 11 is 5.88. The molecule has 9 heteroatoms. The number of nitrogens with one attached hydrogen (secondary N) is 2. The van der Waals surface area contributed by atoms with E-state index in [4.69, 9.17) is 21.1 Å². The normalized spacial score (nSPS) is 10.7. The molecule has 0 aliphatic heterocycles. The number of halogens is 1. The third kappa shape index (κ3) is 7.33. The maximum atomic E-state index is 12.9. The summed E-state index contributed by atoms with van der Waals surface area (Å²) in [5.74, 6) is -0.816. The quantitative estimate of drug-likeness (QED) is 0.109. The zero-order valence-corrected chi connectivity index (χ0v) is 22.6. The molecule has 0 unspecified atom stereocenters. The van der Waals surface area contributed by atoms with Gasteiger partial charge in [-0.15, -0.1) is 0 Å². The first-order valence-corrected chi connectivity index (χ1v) is 12.8. The van der Waals surface area contributed by atoms with E-state index in [0.29, 0.717) is 39.8 Å². The number of hydrogen-bond donors (Lipinski definition) is 2. The van der Waals surface area contributed by atoms with Crippen LogP contribution < -0.4 is 20.2 Å². The average molecular weight is 556 g/mol. The lowest BCUT2D eigenvalue weighted by molar-refractivity contribution is 0.0728. The highest BCUT2D eigenvalue weighted by molar-refractivity contribution is 6.30. The molecule has 40 heavy (non-hydrogen) atoms. The van der Waals surface area contributed by atoms with Crippen LogP contribution in [0.25, 0.3) is 0 Å². The number of esters is 1. The fraction of sp³-hybridized carbons (Fsp3) is 0.0968. The number of para-hydroxylation sites is 1. The molecule has 202 valence electrons. The first-order valence-electron chi connectivity index (χ1n) is 12.4. The highest BCUT2D eigenvalue weighted by atomic mass is 35.5. The van der Waals surface area contributed by atoms with E-state index in [1.54, 1.807) is 85.8 Å². The van der Waals surface area contributed by atoms with Crippen LogP contribution in [0.4, 0.5) is 5.69 Å². The van der Waals surface area contributed by atoms with Gasteiger partial charge in [0.05, 0.1) is 29.6 Å². The number of benzene rings is 4. The Bertz CT molecular complexity index is 1550. The molecule has 0 spiro atoms. The van der Waals surface area contributed by atoms with E-state index >= 15 is 0 Å². The molecule has 2 amide bonds. The summed E-state index contributed by atoms with van der Waals surface area (Å²) in [5.41, 5.74) is 5.53. The highest BCUT2D eigenvalue weighted by Gasteiger charge is 2.15. The molecule has 0 bridgehead atoms. The predicted octanol–water partition coefficient (Wildman–Crippen LogP) is 6.28. The molecule has 0 heterocycles. The smallest absolute Gasteiger partial charge is 0.343 e. The molecule has 0 radical (unpaired) electrons. The predicted molar refractivity (Wildman–Crippen MR) is 155 cm³/mol. The Balaban J connectivity index is 1.43. The molecule has 0 fully saturated rings. The molecule has 0 aliphatic rings. The summed E-state index contributed by atoms with van der Waals surface area (Å²) in [6, 6.07) is 25.0. The van der Waals surface area contributed by atoms with Gasteiger partial charge in [0.2, 0.25) is 0 Å². The summed E-state index contributed by atoms with van der Waals surface area (Å²) in [7, 11) is 0. The number of carbonyl (C=O) groups excluding carboxylic acids is 3. The minimum absolute atomic E-state index is 0.237. The summed E-state index contributed by atoms with van der Waals surface area (Å²) in [5, 5.41) is 7.33. The van der Waals surface area contributed by atoms with E-state index in [1.165, 1.54) is 6.21 Å². The monoisotopic (exact) mass is 555 g/mol. The van der Waals surface area contributed by atoms with E-state index in [-0.39, 0.29) is 17.2 Å². The van der Waals surface area contributed by atoms with Gasteiger partial charge < -0.3 is 14.8 Å². The highest BCUT2D eigenvalue weighted by Crippen LogP contribution is 2.29. The number of ether oxygens (including phenoxy) is 2. The van der Waals surface area contributed by atoms with Crippen molar-refractivity contribution in [2.24, 2.45) is 5.10 Å². The van der Waals surface area contributed by atoms with Crippen LogP contribution >= 0.6 is 11.6 Å². The molecule has 4 rings (SSSR count). The van der Waals surface area contributed by atoms with Crippen molar-refractivity contribution >= 4 is 41.3 Å². The number of amides is 2. The fourth-order valence-corrected chi connectivity index (χ4v) is 3.74. The molecule has 2 N–H and O–H groups in total. The number of hydrogen-bond acceptors (Lipinski definition) is 6. The number of rotatable bonds is 9. The molecule has 4 aromatic rings. The van der Waals surface area contributed by atoms with Crippen molar-refractivity contribution in [3.8, 4) is 11.5 Å². The standard InChI is InChI=1S/C31H26ClN3O5/c1-3-39-28-18-21(10-17-27(28)40-31(38)23-13-15-24(32)16-14-23)19-33-35-30(37)25-6-4-5-7-26(25)34-29(36)22-11-8-20(2)9-12-22/h4-19H,3H2,1-2H3,(H,34,36)(H,35,37)/b33-19-. The summed E-state index contributed by atoms with van der Waals surface area (Å²) in [4.78, 5) is 38.0. The Morgan fingerprint density at radius 3 is 2.27 bits per heavy atom. The van der Waals surface area contributed by atoms with Gasteiger partial charge in [-0.2, -0.15) is 5.10 Å². The van der Waals surface area contributed by atoms with Crippen molar-refractivity contribution < 1.29 is 23.9 Å². The molecule has 0 atom stereocenters. The fourth-order valence-electron chi connectivity index (χ4n) is 3.62. The molecule has 0 aliphatic carbocycles. The van der Waals surface area contributed by atoms with E-state index in [0.717, 1.165) is 5.56 Å². The third-order valence-corrected chi connectivity index (χ3v) is 5.92. The Kier molecular flexibility index (Phi) is 9.27. The lowest BCUT2D eigenvalue weighted by atomic mass is 10.1. The molecule has 4 aromatic carbocycles. The van der Waals surface area contributed by atoms with E-state index in [2.05, 4.69) is 15.8 Å². The number of aryl methyl sites for hydroxylation is 1. The maximum absolute atomic E-state index is 12.9. The lowest BCUT2D eigenvalue weighted by Crippen LogP contribution is -2.21. The van der Waals surface area contributed by atoms with Crippen LogP contribution in [-0.2, 0) is 0 Å². The number of carbonyl (C=O) groups is 3. The lowest BCUT2D eigenvalue weighted by Gasteiger charge is -2.11.